The topological polar surface area (TPSA) is 74.7 Å². The molecule has 2 aromatic heterocycles. The van der Waals surface area contributed by atoms with Gasteiger partial charge in [-0.05, 0) is 20.3 Å². The smallest absolute Gasteiger partial charge is 0.300 e. The van der Waals surface area contributed by atoms with Crippen molar-refractivity contribution in [1.82, 2.24) is 23.9 Å². The molecule has 0 saturated carbocycles. The van der Waals surface area contributed by atoms with Crippen molar-refractivity contribution in [3.8, 4) is 0 Å². The Morgan fingerprint density at radius 3 is 2.70 bits per heavy atom. The molecule has 108 valence electrons. The van der Waals surface area contributed by atoms with E-state index >= 15 is 0 Å². The molecule has 0 fully saturated rings. The average Bonchev–Trinajstić information content (AvgIpc) is 2.86. The van der Waals surface area contributed by atoms with Gasteiger partial charge in [-0.1, -0.05) is 6.92 Å². The molecule has 0 bridgehead atoms. The van der Waals surface area contributed by atoms with E-state index in [-0.39, 0.29) is 23.8 Å². The highest BCUT2D eigenvalue weighted by atomic mass is 16.2. The molecule has 0 N–H and O–H groups in total. The van der Waals surface area contributed by atoms with Crippen LogP contribution < -0.4 is 11.2 Å². The number of aromatic nitrogens is 5. The van der Waals surface area contributed by atoms with Crippen LogP contribution in [0.25, 0.3) is 0 Å². The van der Waals surface area contributed by atoms with Gasteiger partial charge in [-0.15, -0.1) is 0 Å². The van der Waals surface area contributed by atoms with Crippen LogP contribution in [0.2, 0.25) is 0 Å². The molecule has 0 aliphatic rings. The molecule has 0 atom stereocenters. The van der Waals surface area contributed by atoms with E-state index in [1.807, 2.05) is 20.8 Å². The van der Waals surface area contributed by atoms with Crippen LogP contribution in [0.4, 0.5) is 0 Å². The molecule has 20 heavy (non-hydrogen) atoms. The minimum Gasteiger partial charge on any atom is -0.300 e. The Morgan fingerprint density at radius 2 is 2.05 bits per heavy atom. The molecule has 7 nitrogen and oxygen atoms in total. The minimum absolute atomic E-state index is 0.129. The van der Waals surface area contributed by atoms with Gasteiger partial charge in [-0.25, -0.2) is 14.5 Å². The van der Waals surface area contributed by atoms with E-state index in [1.54, 1.807) is 4.68 Å². The summed E-state index contributed by atoms with van der Waals surface area (Å²) >= 11 is 0. The van der Waals surface area contributed by atoms with Gasteiger partial charge in [0.1, 0.15) is 12.2 Å². The Kier molecular flexibility index (Phi) is 4.16. The van der Waals surface area contributed by atoms with E-state index in [0.29, 0.717) is 12.4 Å². The highest BCUT2D eigenvalue weighted by molar-refractivity contribution is 4.93. The van der Waals surface area contributed by atoms with E-state index in [4.69, 9.17) is 0 Å². The predicted molar refractivity (Wildman–Crippen MR) is 74.8 cm³/mol. The first-order chi connectivity index (χ1) is 9.54. The lowest BCUT2D eigenvalue weighted by Crippen LogP contribution is -2.39. The molecular weight excluding hydrogens is 258 g/mol. The molecule has 0 saturated heterocycles. The molecule has 0 aliphatic heterocycles. The van der Waals surface area contributed by atoms with E-state index < -0.39 is 0 Å². The van der Waals surface area contributed by atoms with Crippen molar-refractivity contribution in [3.05, 3.63) is 45.3 Å². The lowest BCUT2D eigenvalue weighted by atomic mass is 10.4. The second-order valence-electron chi connectivity index (χ2n) is 4.93. The van der Waals surface area contributed by atoms with Crippen molar-refractivity contribution in [3.63, 3.8) is 0 Å². The Labute approximate surface area is 116 Å². The summed E-state index contributed by atoms with van der Waals surface area (Å²) in [7, 11) is 0. The summed E-state index contributed by atoms with van der Waals surface area (Å²) in [5, 5.41) is 4.11. The van der Waals surface area contributed by atoms with Gasteiger partial charge in [0, 0.05) is 24.8 Å². The van der Waals surface area contributed by atoms with Gasteiger partial charge in [0.2, 0.25) is 0 Å². The predicted octanol–water partition coefficient (Wildman–Crippen LogP) is 0.641. The molecule has 2 rings (SSSR count). The van der Waals surface area contributed by atoms with Crippen molar-refractivity contribution in [2.75, 3.05) is 0 Å². The average molecular weight is 277 g/mol. The van der Waals surface area contributed by atoms with Crippen molar-refractivity contribution in [2.45, 2.75) is 46.3 Å². The summed E-state index contributed by atoms with van der Waals surface area (Å²) in [5.41, 5.74) is -0.627. The maximum atomic E-state index is 12.3. The Morgan fingerprint density at radius 1 is 1.30 bits per heavy atom. The second kappa shape index (κ2) is 5.85. The number of rotatable bonds is 5. The van der Waals surface area contributed by atoms with Crippen LogP contribution >= 0.6 is 0 Å². The maximum absolute atomic E-state index is 12.3. The highest BCUT2D eigenvalue weighted by Gasteiger charge is 2.12. The highest BCUT2D eigenvalue weighted by Crippen LogP contribution is 2.05. The Bertz CT molecular complexity index is 695. The normalized spacial score (nSPS) is 11.2. The van der Waals surface area contributed by atoms with Crippen molar-refractivity contribution in [1.29, 1.82) is 0 Å². The Balaban J connectivity index is 2.43. The van der Waals surface area contributed by atoms with Crippen LogP contribution in [0, 0.1) is 0 Å². The SMILES string of the molecule is CCCn1ccc(=O)n(Cc2ncnn2C(C)C)c1=O. The van der Waals surface area contributed by atoms with Gasteiger partial charge in [0.25, 0.3) is 5.56 Å². The molecule has 2 heterocycles. The van der Waals surface area contributed by atoms with Crippen LogP contribution in [-0.2, 0) is 13.1 Å². The molecular formula is C13H19N5O2. The number of aryl methyl sites for hydroxylation is 1. The van der Waals surface area contributed by atoms with Crippen LogP contribution in [0.15, 0.2) is 28.2 Å². The van der Waals surface area contributed by atoms with E-state index in [9.17, 15) is 9.59 Å². The quantitative estimate of drug-likeness (QED) is 0.804. The first-order valence-corrected chi connectivity index (χ1v) is 6.73. The molecule has 0 spiro atoms. The second-order valence-corrected chi connectivity index (χ2v) is 4.93. The number of hydrogen-bond donors (Lipinski definition) is 0. The first kappa shape index (κ1) is 14.2. The van der Waals surface area contributed by atoms with E-state index in [2.05, 4.69) is 10.1 Å². The fraction of sp³-hybridized carbons (Fsp3) is 0.538. The van der Waals surface area contributed by atoms with Crippen LogP contribution in [-0.4, -0.2) is 23.9 Å². The minimum atomic E-state index is -0.319. The summed E-state index contributed by atoms with van der Waals surface area (Å²) in [5.74, 6) is 0.605. The zero-order chi connectivity index (χ0) is 14.7. The number of nitrogens with zero attached hydrogens (tertiary/aromatic N) is 5. The summed E-state index contributed by atoms with van der Waals surface area (Å²) in [6.07, 6.45) is 3.81. The molecule has 7 heteroatoms. The van der Waals surface area contributed by atoms with Crippen molar-refractivity contribution >= 4 is 0 Å². The van der Waals surface area contributed by atoms with Gasteiger partial charge in [-0.2, -0.15) is 5.10 Å². The summed E-state index contributed by atoms with van der Waals surface area (Å²) in [6.45, 7) is 6.66. The van der Waals surface area contributed by atoms with E-state index in [0.717, 1.165) is 6.42 Å². The monoisotopic (exact) mass is 277 g/mol. The molecule has 0 aliphatic carbocycles. The largest absolute Gasteiger partial charge is 0.331 e. The maximum Gasteiger partial charge on any atom is 0.331 e. The lowest BCUT2D eigenvalue weighted by molar-refractivity contribution is 0.482. The standard InChI is InChI=1S/C13H19N5O2/c1-4-6-16-7-5-12(19)17(13(16)20)8-11-14-9-15-18(11)10(2)3/h5,7,9-10H,4,6,8H2,1-3H3. The van der Waals surface area contributed by atoms with Crippen LogP contribution in [0.3, 0.4) is 0 Å². The molecule has 0 aromatic carbocycles. The third-order valence-corrected chi connectivity index (χ3v) is 3.04. The summed E-state index contributed by atoms with van der Waals surface area (Å²) in [6, 6.07) is 1.54. The Hall–Kier alpha value is -2.18. The first-order valence-electron chi connectivity index (χ1n) is 6.73. The van der Waals surface area contributed by atoms with Gasteiger partial charge >= 0.3 is 5.69 Å². The molecule has 2 aromatic rings. The molecule has 0 radical (unpaired) electrons. The van der Waals surface area contributed by atoms with Crippen LogP contribution in [0.5, 0.6) is 0 Å². The fourth-order valence-corrected chi connectivity index (χ4v) is 2.07. The summed E-state index contributed by atoms with van der Waals surface area (Å²) in [4.78, 5) is 28.3. The number of hydrogen-bond acceptors (Lipinski definition) is 4. The lowest BCUT2D eigenvalue weighted by Gasteiger charge is -2.11. The zero-order valence-corrected chi connectivity index (χ0v) is 12.0. The third kappa shape index (κ3) is 2.71. The van der Waals surface area contributed by atoms with Gasteiger partial charge in [0.05, 0.1) is 6.54 Å². The van der Waals surface area contributed by atoms with Gasteiger partial charge in [-0.3, -0.25) is 9.36 Å². The third-order valence-electron chi connectivity index (χ3n) is 3.04. The van der Waals surface area contributed by atoms with Gasteiger partial charge in [0.15, 0.2) is 0 Å². The van der Waals surface area contributed by atoms with Crippen molar-refractivity contribution < 1.29 is 0 Å². The van der Waals surface area contributed by atoms with Crippen LogP contribution in [0.1, 0.15) is 39.1 Å². The zero-order valence-electron chi connectivity index (χ0n) is 12.0. The fourth-order valence-electron chi connectivity index (χ4n) is 2.07. The van der Waals surface area contributed by atoms with E-state index in [1.165, 1.54) is 27.7 Å². The molecule has 0 unspecified atom stereocenters. The summed E-state index contributed by atoms with van der Waals surface area (Å²) < 4.78 is 4.44. The van der Waals surface area contributed by atoms with Gasteiger partial charge < -0.3 is 4.57 Å². The molecule has 0 amide bonds. The van der Waals surface area contributed by atoms with Crippen molar-refractivity contribution in [2.24, 2.45) is 0 Å².